The first-order valence-corrected chi connectivity index (χ1v) is 7.35. The van der Waals surface area contributed by atoms with Gasteiger partial charge in [0.05, 0.1) is 11.0 Å². The molecule has 2 N–H and O–H groups in total. The van der Waals surface area contributed by atoms with Gasteiger partial charge in [-0.1, -0.05) is 52.9 Å². The van der Waals surface area contributed by atoms with E-state index in [4.69, 9.17) is 4.74 Å². The van der Waals surface area contributed by atoms with Crippen LogP contribution in [0.1, 0.15) is 5.56 Å². The first-order valence-electron chi connectivity index (χ1n) is 5.83. The minimum atomic E-state index is -0.657. The van der Waals surface area contributed by atoms with E-state index in [9.17, 15) is 9.59 Å². The number of methoxy groups -OCH3 is 1. The van der Waals surface area contributed by atoms with E-state index in [1.165, 1.54) is 7.11 Å². The van der Waals surface area contributed by atoms with Crippen LogP contribution >= 0.6 is 22.6 Å². The predicted octanol–water partition coefficient (Wildman–Crippen LogP) is 0.869. The van der Waals surface area contributed by atoms with Crippen LogP contribution in [0, 0.1) is 0 Å². The van der Waals surface area contributed by atoms with Gasteiger partial charge in [-0.15, -0.1) is 0 Å². The molecule has 6 heteroatoms. The molecule has 0 fully saturated rings. The molecule has 0 aliphatic rings. The average Bonchev–Trinajstić information content (AvgIpc) is 2.45. The Bertz CT molecular complexity index is 412. The van der Waals surface area contributed by atoms with Crippen molar-refractivity contribution in [2.45, 2.75) is 12.6 Å². The maximum atomic E-state index is 11.9. The van der Waals surface area contributed by atoms with Crippen molar-refractivity contribution in [1.29, 1.82) is 0 Å². The highest BCUT2D eigenvalue weighted by Gasteiger charge is 2.19. The van der Waals surface area contributed by atoms with Gasteiger partial charge in [0.1, 0.15) is 6.04 Å². The molecule has 0 bridgehead atoms. The summed E-state index contributed by atoms with van der Waals surface area (Å²) in [5.74, 6) is -0.429. The van der Waals surface area contributed by atoms with Crippen LogP contribution in [-0.4, -0.2) is 36.0 Å². The first kappa shape index (κ1) is 15.9. The van der Waals surface area contributed by atoms with Crippen LogP contribution in [0.2, 0.25) is 0 Å². The van der Waals surface area contributed by atoms with Crippen LogP contribution < -0.4 is 10.6 Å². The molecule has 0 saturated carbocycles. The number of carbonyl (C=O) groups excluding carboxylic acids is 2. The molecular weight excluding hydrogens is 359 g/mol. The summed E-state index contributed by atoms with van der Waals surface area (Å²) >= 11 is 1.94. The number of amides is 2. The summed E-state index contributed by atoms with van der Waals surface area (Å²) in [5, 5.41) is 5.40. The third-order valence-electron chi connectivity index (χ3n) is 2.42. The van der Waals surface area contributed by atoms with Crippen molar-refractivity contribution >= 4 is 34.4 Å². The van der Waals surface area contributed by atoms with Gasteiger partial charge in [-0.2, -0.15) is 0 Å². The lowest BCUT2D eigenvalue weighted by molar-refractivity contribution is -0.129. The minimum absolute atomic E-state index is 0.156. The van der Waals surface area contributed by atoms with E-state index in [1.54, 1.807) is 0 Å². The molecule has 0 unspecified atom stereocenters. The van der Waals surface area contributed by atoms with Crippen LogP contribution in [0.15, 0.2) is 30.3 Å². The number of hydrogen-bond acceptors (Lipinski definition) is 3. The predicted molar refractivity (Wildman–Crippen MR) is 81.0 cm³/mol. The van der Waals surface area contributed by atoms with Crippen molar-refractivity contribution in [3.8, 4) is 0 Å². The van der Waals surface area contributed by atoms with Gasteiger partial charge in [0.15, 0.2) is 0 Å². The monoisotopic (exact) mass is 376 g/mol. The van der Waals surface area contributed by atoms with Crippen molar-refractivity contribution in [3.05, 3.63) is 35.9 Å². The standard InChI is InChI=1S/C13H17IN2O3/c1-19-9-11(16-12(17)7-14)13(18)15-8-10-5-3-2-4-6-10/h2-6,11H,7-9H2,1H3,(H,15,18)(H,16,17)/t11-/m0/s1. The Hall–Kier alpha value is -1.15. The summed E-state index contributed by atoms with van der Waals surface area (Å²) in [7, 11) is 1.49. The maximum absolute atomic E-state index is 11.9. The Morgan fingerprint density at radius 1 is 1.32 bits per heavy atom. The van der Waals surface area contributed by atoms with E-state index in [-0.39, 0.29) is 18.4 Å². The molecule has 1 rings (SSSR count). The number of ether oxygens (including phenoxy) is 1. The number of alkyl halides is 1. The summed E-state index contributed by atoms with van der Waals surface area (Å²) in [6.07, 6.45) is 0. The van der Waals surface area contributed by atoms with Gasteiger partial charge in [0, 0.05) is 13.7 Å². The molecule has 1 atom stereocenters. The third-order valence-corrected chi connectivity index (χ3v) is 3.11. The summed E-state index contributed by atoms with van der Waals surface area (Å²) < 4.78 is 5.25. The van der Waals surface area contributed by atoms with E-state index in [0.717, 1.165) is 5.56 Å². The van der Waals surface area contributed by atoms with Crippen LogP contribution in [-0.2, 0) is 20.9 Å². The van der Waals surface area contributed by atoms with Crippen LogP contribution in [0.25, 0.3) is 0 Å². The maximum Gasteiger partial charge on any atom is 0.245 e. The van der Waals surface area contributed by atoms with E-state index in [2.05, 4.69) is 10.6 Å². The fourth-order valence-electron chi connectivity index (χ4n) is 1.49. The second-order valence-electron chi connectivity index (χ2n) is 3.91. The fraction of sp³-hybridized carbons (Fsp3) is 0.385. The lowest BCUT2D eigenvalue weighted by Gasteiger charge is -2.17. The van der Waals surface area contributed by atoms with Crippen molar-refractivity contribution in [2.24, 2.45) is 0 Å². The normalized spacial score (nSPS) is 11.7. The zero-order valence-corrected chi connectivity index (χ0v) is 12.8. The quantitative estimate of drug-likeness (QED) is 0.548. The molecule has 0 heterocycles. The molecule has 1 aromatic carbocycles. The average molecular weight is 376 g/mol. The Kier molecular flexibility index (Phi) is 7.42. The molecule has 0 spiro atoms. The lowest BCUT2D eigenvalue weighted by Crippen LogP contribution is -2.49. The Morgan fingerprint density at radius 3 is 2.58 bits per heavy atom. The molecule has 0 radical (unpaired) electrons. The van der Waals surface area contributed by atoms with Gasteiger partial charge in [-0.25, -0.2) is 0 Å². The van der Waals surface area contributed by atoms with E-state index in [0.29, 0.717) is 11.0 Å². The lowest BCUT2D eigenvalue weighted by atomic mass is 10.2. The van der Waals surface area contributed by atoms with Crippen molar-refractivity contribution in [1.82, 2.24) is 10.6 Å². The fourth-order valence-corrected chi connectivity index (χ4v) is 1.71. The topological polar surface area (TPSA) is 67.4 Å². The SMILES string of the molecule is COC[C@H](NC(=O)CI)C(=O)NCc1ccccc1. The second kappa shape index (κ2) is 8.87. The number of hydrogen-bond donors (Lipinski definition) is 2. The molecule has 2 amide bonds. The zero-order valence-electron chi connectivity index (χ0n) is 10.7. The first-order chi connectivity index (χ1) is 9.17. The molecule has 0 aromatic heterocycles. The molecule has 5 nitrogen and oxygen atoms in total. The molecular formula is C13H17IN2O3. The van der Waals surface area contributed by atoms with Crippen LogP contribution in [0.5, 0.6) is 0 Å². The largest absolute Gasteiger partial charge is 0.382 e. The van der Waals surface area contributed by atoms with Crippen LogP contribution in [0.4, 0.5) is 0 Å². The van der Waals surface area contributed by atoms with E-state index in [1.807, 2.05) is 52.9 Å². The van der Waals surface area contributed by atoms with Gasteiger partial charge in [0.2, 0.25) is 11.8 Å². The number of carbonyl (C=O) groups is 2. The summed E-state index contributed by atoms with van der Waals surface area (Å²) in [4.78, 5) is 23.3. The van der Waals surface area contributed by atoms with Gasteiger partial charge < -0.3 is 15.4 Å². The number of benzene rings is 1. The highest BCUT2D eigenvalue weighted by atomic mass is 127. The van der Waals surface area contributed by atoms with Gasteiger partial charge in [0.25, 0.3) is 0 Å². The highest BCUT2D eigenvalue weighted by Crippen LogP contribution is 1.98. The van der Waals surface area contributed by atoms with Gasteiger partial charge in [-0.3, -0.25) is 9.59 Å². The molecule has 104 valence electrons. The Morgan fingerprint density at radius 2 is 2.00 bits per heavy atom. The van der Waals surface area contributed by atoms with Gasteiger partial charge >= 0.3 is 0 Å². The van der Waals surface area contributed by atoms with Crippen molar-refractivity contribution in [2.75, 3.05) is 18.1 Å². The van der Waals surface area contributed by atoms with E-state index < -0.39 is 6.04 Å². The molecule has 0 saturated heterocycles. The zero-order chi connectivity index (χ0) is 14.1. The summed E-state index contributed by atoms with van der Waals surface area (Å²) in [6, 6.07) is 8.93. The molecule has 19 heavy (non-hydrogen) atoms. The number of nitrogens with one attached hydrogen (secondary N) is 2. The number of rotatable bonds is 7. The molecule has 0 aliphatic heterocycles. The molecule has 1 aromatic rings. The second-order valence-corrected chi connectivity index (χ2v) is 4.68. The van der Waals surface area contributed by atoms with Crippen molar-refractivity contribution in [3.63, 3.8) is 0 Å². The van der Waals surface area contributed by atoms with Crippen LogP contribution in [0.3, 0.4) is 0 Å². The van der Waals surface area contributed by atoms with Gasteiger partial charge in [-0.05, 0) is 5.56 Å². The van der Waals surface area contributed by atoms with E-state index >= 15 is 0 Å². The molecule has 0 aliphatic carbocycles. The minimum Gasteiger partial charge on any atom is -0.382 e. The third kappa shape index (κ3) is 6.02. The smallest absolute Gasteiger partial charge is 0.245 e. The summed E-state index contributed by atoms with van der Waals surface area (Å²) in [5.41, 5.74) is 1.01. The Labute approximate surface area is 126 Å². The number of halogens is 1. The summed E-state index contributed by atoms with van der Waals surface area (Å²) in [6.45, 7) is 0.586. The Balaban J connectivity index is 2.50. The van der Waals surface area contributed by atoms with Crippen molar-refractivity contribution < 1.29 is 14.3 Å². The highest BCUT2D eigenvalue weighted by molar-refractivity contribution is 14.1.